The normalized spacial score (nSPS) is 18.8. The van der Waals surface area contributed by atoms with Crippen molar-refractivity contribution in [1.29, 1.82) is 0 Å². The molecule has 1 aromatic carbocycles. The lowest BCUT2D eigenvalue weighted by atomic mass is 10.1. The van der Waals surface area contributed by atoms with E-state index >= 15 is 0 Å². The summed E-state index contributed by atoms with van der Waals surface area (Å²) in [5.74, 6) is -2.30. The smallest absolute Gasteiger partial charge is 0.341 e. The molecule has 10 heteroatoms. The van der Waals surface area contributed by atoms with Crippen LogP contribution in [0.3, 0.4) is 0 Å². The van der Waals surface area contributed by atoms with Gasteiger partial charge in [-0.2, -0.15) is 0 Å². The maximum absolute atomic E-state index is 15.0. The van der Waals surface area contributed by atoms with Crippen LogP contribution in [-0.2, 0) is 4.79 Å². The summed E-state index contributed by atoms with van der Waals surface area (Å²) in [6.45, 7) is 2.83. The second-order valence-electron chi connectivity index (χ2n) is 8.21. The van der Waals surface area contributed by atoms with E-state index in [0.29, 0.717) is 37.4 Å². The van der Waals surface area contributed by atoms with E-state index in [1.807, 2.05) is 0 Å². The van der Waals surface area contributed by atoms with Gasteiger partial charge in [0, 0.05) is 43.8 Å². The molecule has 1 aliphatic carbocycles. The van der Waals surface area contributed by atoms with Gasteiger partial charge in [0.15, 0.2) is 0 Å². The number of nitrogens with two attached hydrogens (primary N) is 1. The highest BCUT2D eigenvalue weighted by atomic mass is 19.1. The van der Waals surface area contributed by atoms with Gasteiger partial charge in [0.2, 0.25) is 11.3 Å². The van der Waals surface area contributed by atoms with Gasteiger partial charge in [-0.3, -0.25) is 9.59 Å². The van der Waals surface area contributed by atoms with E-state index in [1.165, 1.54) is 13.1 Å². The summed E-state index contributed by atoms with van der Waals surface area (Å²) in [5, 5.41) is 18.9. The SMILES string of the molecule is CC(O)C(N)C(=O)N1CCN(c2cc3c(cc2F)c(=O)c(C(=O)O)cn3C2CC2)CC1. The molecule has 31 heavy (non-hydrogen) atoms. The summed E-state index contributed by atoms with van der Waals surface area (Å²) in [6.07, 6.45) is 2.13. The number of hydrogen-bond donors (Lipinski definition) is 3. The number of aliphatic hydroxyl groups excluding tert-OH is 1. The molecule has 166 valence electrons. The summed E-state index contributed by atoms with van der Waals surface area (Å²) in [4.78, 5) is 39.7. The number of fused-ring (bicyclic) bond motifs is 1. The van der Waals surface area contributed by atoms with Gasteiger partial charge in [0.1, 0.15) is 17.4 Å². The third-order valence-corrected chi connectivity index (χ3v) is 6.01. The molecule has 2 atom stereocenters. The third-order valence-electron chi connectivity index (χ3n) is 6.01. The standard InChI is InChI=1S/C21H25FN4O5/c1-11(27)18(23)20(29)25-6-4-24(5-7-25)17-9-16-13(8-15(17)22)19(28)14(21(30)31)10-26(16)12-2-3-12/h8-12,18,27H,2-7,23H2,1H3,(H,30,31). The fourth-order valence-electron chi connectivity index (χ4n) is 3.99. The Labute approximate surface area is 177 Å². The fraction of sp³-hybridized carbons (Fsp3) is 0.476. The highest BCUT2D eigenvalue weighted by Crippen LogP contribution is 2.38. The molecular weight excluding hydrogens is 407 g/mol. The number of piperazine rings is 1. The number of carbonyl (C=O) groups is 2. The second-order valence-corrected chi connectivity index (χ2v) is 8.21. The Bertz CT molecular complexity index is 1100. The van der Waals surface area contributed by atoms with Gasteiger partial charge in [-0.1, -0.05) is 0 Å². The minimum absolute atomic E-state index is 0.0461. The number of halogens is 1. The van der Waals surface area contributed by atoms with Crippen molar-refractivity contribution in [3.63, 3.8) is 0 Å². The number of benzene rings is 1. The maximum Gasteiger partial charge on any atom is 0.341 e. The Morgan fingerprint density at radius 1 is 1.19 bits per heavy atom. The molecule has 1 saturated carbocycles. The first-order valence-electron chi connectivity index (χ1n) is 10.3. The molecule has 2 fully saturated rings. The monoisotopic (exact) mass is 432 g/mol. The molecule has 2 aliphatic rings. The van der Waals surface area contributed by atoms with Crippen LogP contribution in [0.4, 0.5) is 10.1 Å². The van der Waals surface area contributed by atoms with Crippen molar-refractivity contribution < 1.29 is 24.2 Å². The van der Waals surface area contributed by atoms with E-state index < -0.39 is 29.4 Å². The van der Waals surface area contributed by atoms with Gasteiger partial charge in [0.25, 0.3) is 0 Å². The zero-order valence-electron chi connectivity index (χ0n) is 17.1. The van der Waals surface area contributed by atoms with Crippen molar-refractivity contribution in [3.05, 3.63) is 39.9 Å². The van der Waals surface area contributed by atoms with Gasteiger partial charge in [-0.25, -0.2) is 9.18 Å². The number of aromatic carboxylic acids is 1. The first-order valence-corrected chi connectivity index (χ1v) is 10.3. The van der Waals surface area contributed by atoms with Crippen LogP contribution in [0.1, 0.15) is 36.2 Å². The summed E-state index contributed by atoms with van der Waals surface area (Å²) in [7, 11) is 0. The summed E-state index contributed by atoms with van der Waals surface area (Å²) in [5.41, 5.74) is 5.47. The number of carboxylic acids is 1. The van der Waals surface area contributed by atoms with E-state index in [0.717, 1.165) is 18.9 Å². The average molecular weight is 432 g/mol. The zero-order valence-corrected chi connectivity index (χ0v) is 17.1. The molecule has 0 radical (unpaired) electrons. The quantitative estimate of drug-likeness (QED) is 0.629. The highest BCUT2D eigenvalue weighted by molar-refractivity contribution is 5.93. The Balaban J connectivity index is 1.65. The molecule has 4 rings (SSSR count). The van der Waals surface area contributed by atoms with Crippen molar-refractivity contribution in [2.45, 2.75) is 38.0 Å². The minimum Gasteiger partial charge on any atom is -0.477 e. The first kappa shape index (κ1) is 21.3. The topological polar surface area (TPSA) is 129 Å². The second kappa shape index (κ2) is 7.93. The first-order chi connectivity index (χ1) is 14.7. The van der Waals surface area contributed by atoms with E-state index in [9.17, 15) is 29.0 Å². The average Bonchev–Trinajstić information content (AvgIpc) is 3.58. The predicted octanol–water partition coefficient (Wildman–Crippen LogP) is 0.530. The molecule has 1 amide bonds. The molecule has 1 aliphatic heterocycles. The van der Waals surface area contributed by atoms with Crippen LogP contribution in [0.2, 0.25) is 0 Å². The Morgan fingerprint density at radius 3 is 2.39 bits per heavy atom. The largest absolute Gasteiger partial charge is 0.477 e. The molecular formula is C21H25FN4O5. The minimum atomic E-state index is -1.33. The zero-order chi connectivity index (χ0) is 22.4. The molecule has 2 heterocycles. The van der Waals surface area contributed by atoms with Gasteiger partial charge < -0.3 is 30.3 Å². The summed E-state index contributed by atoms with van der Waals surface area (Å²) in [6, 6.07) is 1.80. The van der Waals surface area contributed by atoms with Crippen LogP contribution in [-0.4, -0.2) is 69.9 Å². The molecule has 0 bridgehead atoms. The number of pyridine rings is 1. The van der Waals surface area contributed by atoms with Gasteiger partial charge in [-0.15, -0.1) is 0 Å². The van der Waals surface area contributed by atoms with E-state index in [4.69, 9.17) is 5.73 Å². The van der Waals surface area contributed by atoms with E-state index in [1.54, 1.807) is 20.4 Å². The predicted molar refractivity (Wildman–Crippen MR) is 112 cm³/mol. The van der Waals surface area contributed by atoms with Crippen molar-refractivity contribution in [2.75, 3.05) is 31.1 Å². The number of nitrogens with zero attached hydrogens (tertiary/aromatic N) is 3. The Hall–Kier alpha value is -2.98. The van der Waals surface area contributed by atoms with Gasteiger partial charge >= 0.3 is 5.97 Å². The van der Waals surface area contributed by atoms with Crippen LogP contribution < -0.4 is 16.1 Å². The number of hydrogen-bond acceptors (Lipinski definition) is 6. The molecule has 1 saturated heterocycles. The summed E-state index contributed by atoms with van der Waals surface area (Å²) < 4.78 is 16.7. The molecule has 0 spiro atoms. The lowest BCUT2D eigenvalue weighted by Gasteiger charge is -2.37. The number of aromatic nitrogens is 1. The van der Waals surface area contributed by atoms with Crippen molar-refractivity contribution in [2.24, 2.45) is 5.73 Å². The lowest BCUT2D eigenvalue weighted by Crippen LogP contribution is -2.55. The number of carbonyl (C=O) groups excluding carboxylic acids is 1. The van der Waals surface area contributed by atoms with Crippen molar-refractivity contribution in [3.8, 4) is 0 Å². The van der Waals surface area contributed by atoms with Crippen LogP contribution in [0, 0.1) is 5.82 Å². The number of aliphatic hydroxyl groups is 1. The molecule has 1 aromatic heterocycles. The third kappa shape index (κ3) is 3.88. The Kier molecular flexibility index (Phi) is 5.44. The number of amides is 1. The molecule has 2 aromatic rings. The number of anilines is 1. The Morgan fingerprint density at radius 2 is 1.84 bits per heavy atom. The highest BCUT2D eigenvalue weighted by Gasteiger charge is 2.30. The molecule has 9 nitrogen and oxygen atoms in total. The van der Waals surface area contributed by atoms with Gasteiger partial charge in [-0.05, 0) is 31.9 Å². The molecule has 2 unspecified atom stereocenters. The lowest BCUT2D eigenvalue weighted by molar-refractivity contribution is -0.135. The summed E-state index contributed by atoms with van der Waals surface area (Å²) >= 11 is 0. The van der Waals surface area contributed by atoms with E-state index in [2.05, 4.69) is 0 Å². The molecule has 4 N–H and O–H groups in total. The van der Waals surface area contributed by atoms with Crippen molar-refractivity contribution >= 4 is 28.5 Å². The number of carboxylic acid groups (broad SMARTS) is 1. The van der Waals surface area contributed by atoms with Crippen molar-refractivity contribution in [1.82, 2.24) is 9.47 Å². The van der Waals surface area contributed by atoms with Crippen LogP contribution in [0.5, 0.6) is 0 Å². The van der Waals surface area contributed by atoms with E-state index in [-0.39, 0.29) is 22.9 Å². The van der Waals surface area contributed by atoms with Crippen LogP contribution in [0.25, 0.3) is 10.9 Å². The fourth-order valence-corrected chi connectivity index (χ4v) is 3.99. The van der Waals surface area contributed by atoms with Crippen LogP contribution >= 0.6 is 0 Å². The van der Waals surface area contributed by atoms with Gasteiger partial charge in [0.05, 0.1) is 17.3 Å². The van der Waals surface area contributed by atoms with Crippen LogP contribution in [0.15, 0.2) is 23.1 Å². The number of rotatable bonds is 5. The maximum atomic E-state index is 15.0.